The van der Waals surface area contributed by atoms with Crippen LogP contribution in [-0.2, 0) is 4.74 Å². The van der Waals surface area contributed by atoms with Gasteiger partial charge in [0.2, 0.25) is 5.90 Å². The van der Waals surface area contributed by atoms with Gasteiger partial charge < -0.3 is 4.74 Å². The summed E-state index contributed by atoms with van der Waals surface area (Å²) in [5.74, 6) is 0.608. The molecule has 17 heavy (non-hydrogen) atoms. The Balaban J connectivity index is 2.31. The van der Waals surface area contributed by atoms with Crippen LogP contribution in [-0.4, -0.2) is 24.0 Å². The fourth-order valence-corrected chi connectivity index (χ4v) is 2.21. The molecule has 1 aromatic carbocycles. The Kier molecular flexibility index (Phi) is 2.48. The van der Waals surface area contributed by atoms with Gasteiger partial charge in [-0.05, 0) is 24.6 Å². The normalized spacial score (nSPS) is 14.8. The molecule has 0 unspecified atom stereocenters. The molecule has 1 aliphatic rings. The topological polar surface area (TPSA) is 34.5 Å². The summed E-state index contributed by atoms with van der Waals surface area (Å²) in [5.41, 5.74) is 2.78. The quantitative estimate of drug-likeness (QED) is 0.775. The maximum absolute atomic E-state index is 6.22. The van der Waals surface area contributed by atoms with Crippen LogP contribution in [0.1, 0.15) is 11.1 Å². The van der Waals surface area contributed by atoms with Crippen molar-refractivity contribution >= 4 is 28.4 Å². The summed E-state index contributed by atoms with van der Waals surface area (Å²) < 4.78 is 5.48. The number of benzene rings is 1. The van der Waals surface area contributed by atoms with Crippen LogP contribution in [0.2, 0.25) is 5.02 Å². The molecule has 0 spiro atoms. The van der Waals surface area contributed by atoms with Crippen molar-refractivity contribution in [2.24, 2.45) is 4.99 Å². The summed E-state index contributed by atoms with van der Waals surface area (Å²) in [4.78, 5) is 8.75. The standard InChI is InChI=1S/C13H11ClN2O/c1-8-6-9-2-3-10(14)11(12(9)16-7-8)13-15-4-5-17-13/h2-3,6-7H,4-5H2,1H3. The van der Waals surface area contributed by atoms with Gasteiger partial charge in [-0.15, -0.1) is 0 Å². The molecule has 3 nitrogen and oxygen atoms in total. The fraction of sp³-hybridized carbons (Fsp3) is 0.231. The van der Waals surface area contributed by atoms with Crippen molar-refractivity contribution in [1.29, 1.82) is 0 Å². The summed E-state index contributed by atoms with van der Waals surface area (Å²) in [5, 5.41) is 1.69. The van der Waals surface area contributed by atoms with Crippen LogP contribution in [0.15, 0.2) is 29.4 Å². The molecule has 0 fully saturated rings. The summed E-state index contributed by atoms with van der Waals surface area (Å²) in [6.07, 6.45) is 1.83. The first-order valence-corrected chi connectivity index (χ1v) is 5.86. The summed E-state index contributed by atoms with van der Waals surface area (Å²) >= 11 is 6.22. The van der Waals surface area contributed by atoms with Gasteiger partial charge >= 0.3 is 0 Å². The van der Waals surface area contributed by atoms with Crippen molar-refractivity contribution < 1.29 is 4.74 Å². The van der Waals surface area contributed by atoms with Crippen LogP contribution in [0, 0.1) is 6.92 Å². The van der Waals surface area contributed by atoms with Gasteiger partial charge in [-0.1, -0.05) is 17.7 Å². The Morgan fingerprint density at radius 2 is 2.24 bits per heavy atom. The third-order valence-corrected chi connectivity index (χ3v) is 3.05. The van der Waals surface area contributed by atoms with Crippen molar-refractivity contribution in [3.05, 3.63) is 40.5 Å². The van der Waals surface area contributed by atoms with Gasteiger partial charge in [-0.25, -0.2) is 4.99 Å². The van der Waals surface area contributed by atoms with Gasteiger partial charge in [0.05, 0.1) is 22.6 Å². The van der Waals surface area contributed by atoms with Crippen LogP contribution in [0.3, 0.4) is 0 Å². The highest BCUT2D eigenvalue weighted by Gasteiger charge is 2.18. The lowest BCUT2D eigenvalue weighted by Crippen LogP contribution is -2.04. The molecule has 0 saturated heterocycles. The molecule has 0 saturated carbocycles. The molecule has 0 radical (unpaired) electrons. The average molecular weight is 247 g/mol. The zero-order valence-electron chi connectivity index (χ0n) is 9.40. The Morgan fingerprint density at radius 1 is 1.35 bits per heavy atom. The SMILES string of the molecule is Cc1cnc2c(C3=NCCO3)c(Cl)ccc2c1. The molecule has 0 atom stereocenters. The van der Waals surface area contributed by atoms with Crippen molar-refractivity contribution in [2.75, 3.05) is 13.2 Å². The number of fused-ring (bicyclic) bond motifs is 1. The van der Waals surface area contributed by atoms with E-state index in [9.17, 15) is 0 Å². The highest BCUT2D eigenvalue weighted by atomic mass is 35.5. The van der Waals surface area contributed by atoms with E-state index in [1.807, 2.05) is 25.3 Å². The molecular formula is C13H11ClN2O. The lowest BCUT2D eigenvalue weighted by molar-refractivity contribution is 0.348. The van der Waals surface area contributed by atoms with Gasteiger partial charge in [0.25, 0.3) is 0 Å². The summed E-state index contributed by atoms with van der Waals surface area (Å²) in [6, 6.07) is 5.92. The minimum Gasteiger partial charge on any atom is -0.475 e. The predicted octanol–water partition coefficient (Wildman–Crippen LogP) is 2.97. The first-order chi connectivity index (χ1) is 8.25. The molecule has 0 N–H and O–H groups in total. The second-order valence-electron chi connectivity index (χ2n) is 4.04. The van der Waals surface area contributed by atoms with Crippen molar-refractivity contribution in [3.63, 3.8) is 0 Å². The number of aliphatic imine (C=N–C) groups is 1. The molecule has 0 amide bonds. The van der Waals surface area contributed by atoms with Gasteiger partial charge in [-0.2, -0.15) is 0 Å². The second kappa shape index (κ2) is 4.00. The number of halogens is 1. The molecule has 0 aliphatic carbocycles. The van der Waals surface area contributed by atoms with E-state index >= 15 is 0 Å². The summed E-state index contributed by atoms with van der Waals surface area (Å²) in [7, 11) is 0. The number of hydrogen-bond donors (Lipinski definition) is 0. The van der Waals surface area contributed by atoms with Crippen LogP contribution in [0.4, 0.5) is 0 Å². The van der Waals surface area contributed by atoms with Crippen LogP contribution >= 0.6 is 11.6 Å². The van der Waals surface area contributed by atoms with E-state index in [4.69, 9.17) is 16.3 Å². The van der Waals surface area contributed by atoms with Crippen molar-refractivity contribution in [3.8, 4) is 0 Å². The van der Waals surface area contributed by atoms with E-state index in [-0.39, 0.29) is 0 Å². The van der Waals surface area contributed by atoms with Crippen molar-refractivity contribution in [1.82, 2.24) is 4.98 Å². The first kappa shape index (κ1) is 10.5. The third kappa shape index (κ3) is 1.76. The Hall–Kier alpha value is -1.61. The van der Waals surface area contributed by atoms with Crippen LogP contribution in [0.5, 0.6) is 0 Å². The zero-order chi connectivity index (χ0) is 11.8. The molecule has 86 valence electrons. The van der Waals surface area contributed by atoms with E-state index < -0.39 is 0 Å². The minimum atomic E-state index is 0.608. The average Bonchev–Trinajstić information content (AvgIpc) is 2.82. The van der Waals surface area contributed by atoms with Gasteiger partial charge in [0, 0.05) is 11.6 Å². The molecule has 3 rings (SSSR count). The largest absolute Gasteiger partial charge is 0.475 e. The van der Waals surface area contributed by atoms with E-state index in [0.717, 1.165) is 22.0 Å². The minimum absolute atomic E-state index is 0.608. The van der Waals surface area contributed by atoms with E-state index in [1.54, 1.807) is 0 Å². The van der Waals surface area contributed by atoms with E-state index in [2.05, 4.69) is 16.0 Å². The number of nitrogens with zero attached hydrogens (tertiary/aromatic N) is 2. The monoisotopic (exact) mass is 246 g/mol. The maximum Gasteiger partial charge on any atom is 0.220 e. The smallest absolute Gasteiger partial charge is 0.220 e. The third-order valence-electron chi connectivity index (χ3n) is 2.74. The molecular weight excluding hydrogens is 236 g/mol. The van der Waals surface area contributed by atoms with Crippen LogP contribution in [0.25, 0.3) is 10.9 Å². The lowest BCUT2D eigenvalue weighted by atomic mass is 10.1. The van der Waals surface area contributed by atoms with Crippen molar-refractivity contribution in [2.45, 2.75) is 6.92 Å². The highest BCUT2D eigenvalue weighted by Crippen LogP contribution is 2.27. The molecule has 4 heteroatoms. The van der Waals surface area contributed by atoms with E-state index in [0.29, 0.717) is 24.1 Å². The Bertz CT molecular complexity index is 622. The molecule has 0 bridgehead atoms. The second-order valence-corrected chi connectivity index (χ2v) is 4.45. The van der Waals surface area contributed by atoms with Gasteiger partial charge in [0.15, 0.2) is 0 Å². The lowest BCUT2D eigenvalue weighted by Gasteiger charge is -2.08. The molecule has 2 heterocycles. The number of ether oxygens (including phenoxy) is 1. The summed E-state index contributed by atoms with van der Waals surface area (Å²) in [6.45, 7) is 3.33. The zero-order valence-corrected chi connectivity index (χ0v) is 10.2. The number of pyridine rings is 1. The predicted molar refractivity (Wildman–Crippen MR) is 68.8 cm³/mol. The maximum atomic E-state index is 6.22. The molecule has 2 aromatic rings. The Labute approximate surface area is 104 Å². The van der Waals surface area contributed by atoms with E-state index in [1.165, 1.54) is 0 Å². The van der Waals surface area contributed by atoms with Crippen LogP contribution < -0.4 is 0 Å². The Morgan fingerprint density at radius 3 is 3.00 bits per heavy atom. The highest BCUT2D eigenvalue weighted by molar-refractivity contribution is 6.35. The first-order valence-electron chi connectivity index (χ1n) is 5.48. The number of aromatic nitrogens is 1. The fourth-order valence-electron chi connectivity index (χ4n) is 1.98. The van der Waals surface area contributed by atoms with Gasteiger partial charge in [0.1, 0.15) is 6.61 Å². The molecule has 1 aromatic heterocycles. The number of hydrogen-bond acceptors (Lipinski definition) is 3. The van der Waals surface area contributed by atoms with Gasteiger partial charge in [-0.3, -0.25) is 4.98 Å². The number of aryl methyl sites for hydroxylation is 1. The number of rotatable bonds is 1. The molecule has 1 aliphatic heterocycles.